The third kappa shape index (κ3) is 18.4. The molecule has 2 heteroatoms. The van der Waals surface area contributed by atoms with E-state index < -0.39 is 5.97 Å². The lowest BCUT2D eigenvalue weighted by Crippen LogP contribution is -1.90. The van der Waals surface area contributed by atoms with Crippen molar-refractivity contribution in [2.75, 3.05) is 0 Å². The summed E-state index contributed by atoms with van der Waals surface area (Å²) in [5.41, 5.74) is 0. The first-order chi connectivity index (χ1) is 10.8. The Hall–Kier alpha value is -1.57. The van der Waals surface area contributed by atoms with Crippen LogP contribution in [0.5, 0.6) is 0 Å². The van der Waals surface area contributed by atoms with Crippen molar-refractivity contribution in [1.82, 2.24) is 0 Å². The number of carbonyl (C=O) groups excluding carboxylic acids is 1. The molecule has 0 aliphatic carbocycles. The molecule has 0 saturated carbocycles. The van der Waals surface area contributed by atoms with Crippen LogP contribution in [-0.2, 0) is 9.90 Å². The Morgan fingerprint density at radius 2 is 1.14 bits per heavy atom. The normalized spacial score (nSPS) is 12.4. The second-order valence-electron chi connectivity index (χ2n) is 5.35. The molecule has 0 aromatic heterocycles. The van der Waals surface area contributed by atoms with Crippen molar-refractivity contribution < 1.29 is 9.90 Å². The van der Waals surface area contributed by atoms with E-state index in [4.69, 9.17) is 0 Å². The molecule has 0 atom stereocenters. The van der Waals surface area contributed by atoms with E-state index in [1.807, 2.05) is 6.08 Å². The summed E-state index contributed by atoms with van der Waals surface area (Å²) in [6.07, 6.45) is 27.0. The summed E-state index contributed by atoms with van der Waals surface area (Å²) in [7, 11) is 0. The molecular weight excluding hydrogens is 272 g/mol. The highest BCUT2D eigenvalue weighted by atomic mass is 16.4. The summed E-state index contributed by atoms with van der Waals surface area (Å²) >= 11 is 0. The first kappa shape index (κ1) is 20.4. The summed E-state index contributed by atoms with van der Waals surface area (Å²) in [5, 5.41) is 10.2. The van der Waals surface area contributed by atoms with Crippen LogP contribution in [0, 0.1) is 0 Å². The second-order valence-corrected chi connectivity index (χ2v) is 5.35. The third-order valence-electron chi connectivity index (χ3n) is 3.21. The van der Waals surface area contributed by atoms with Gasteiger partial charge in [0.05, 0.1) is 6.42 Å². The molecule has 0 fully saturated rings. The summed E-state index contributed by atoms with van der Waals surface area (Å²) in [6.45, 7) is 2.23. The Bertz CT molecular complexity index is 362. The van der Waals surface area contributed by atoms with Crippen LogP contribution in [0.1, 0.15) is 71.1 Å². The number of allylic oxidation sites excluding steroid dienone is 8. The Labute approximate surface area is 136 Å². The number of rotatable bonds is 14. The van der Waals surface area contributed by atoms with Gasteiger partial charge in [-0.15, -0.1) is 0 Å². The molecule has 0 spiro atoms. The Balaban J connectivity index is 3.40. The van der Waals surface area contributed by atoms with Crippen LogP contribution >= 0.6 is 0 Å². The average Bonchev–Trinajstić information content (AvgIpc) is 2.50. The van der Waals surface area contributed by atoms with Crippen molar-refractivity contribution in [1.29, 1.82) is 0 Å². The topological polar surface area (TPSA) is 37.0 Å². The van der Waals surface area contributed by atoms with E-state index in [1.165, 1.54) is 25.7 Å². The van der Waals surface area contributed by atoms with Crippen LogP contribution in [0.4, 0.5) is 0 Å². The number of unbranched alkanes of at least 4 members (excludes halogenated alkanes) is 4. The zero-order chi connectivity index (χ0) is 16.3. The molecule has 0 saturated heterocycles. The highest BCUT2D eigenvalue weighted by molar-refractivity contribution is 5.66. The molecule has 2 nitrogen and oxygen atoms in total. The lowest BCUT2D eigenvalue weighted by atomic mass is 10.2. The molecular formula is C20H31O2. The van der Waals surface area contributed by atoms with Gasteiger partial charge in [-0.2, -0.15) is 0 Å². The molecule has 0 unspecified atom stereocenters. The molecule has 1 radical (unpaired) electrons. The molecule has 0 rings (SSSR count). The maximum absolute atomic E-state index is 10.2. The lowest BCUT2D eigenvalue weighted by molar-refractivity contribution is -0.143. The maximum Gasteiger partial charge on any atom is 0.355 e. The van der Waals surface area contributed by atoms with Crippen molar-refractivity contribution in [3.63, 3.8) is 0 Å². The van der Waals surface area contributed by atoms with Crippen molar-refractivity contribution in [2.24, 2.45) is 0 Å². The first-order valence-corrected chi connectivity index (χ1v) is 8.57. The molecule has 0 aliphatic heterocycles. The summed E-state index contributed by atoms with van der Waals surface area (Å²) in [4.78, 5) is 10.2. The number of hydrogen-bond donors (Lipinski definition) is 0. The van der Waals surface area contributed by atoms with Crippen LogP contribution in [0.3, 0.4) is 0 Å². The molecule has 0 aliphatic rings. The van der Waals surface area contributed by atoms with Gasteiger partial charge in [-0.25, -0.2) is 9.90 Å². The zero-order valence-corrected chi connectivity index (χ0v) is 14.0. The monoisotopic (exact) mass is 303 g/mol. The summed E-state index contributed by atoms with van der Waals surface area (Å²) < 4.78 is 0. The number of hydrogen-bond acceptors (Lipinski definition) is 1. The van der Waals surface area contributed by atoms with Gasteiger partial charge >= 0.3 is 5.97 Å². The Kier molecular flexibility index (Phi) is 16.2. The highest BCUT2D eigenvalue weighted by Gasteiger charge is 1.95. The fraction of sp³-hybridized carbons (Fsp3) is 0.550. The fourth-order valence-electron chi connectivity index (χ4n) is 1.93. The fourth-order valence-corrected chi connectivity index (χ4v) is 1.93. The first-order valence-electron chi connectivity index (χ1n) is 8.57. The maximum atomic E-state index is 10.2. The van der Waals surface area contributed by atoms with Crippen LogP contribution in [0.25, 0.3) is 0 Å². The van der Waals surface area contributed by atoms with Crippen molar-refractivity contribution >= 4 is 5.97 Å². The molecule has 22 heavy (non-hydrogen) atoms. The van der Waals surface area contributed by atoms with Gasteiger partial charge in [-0.3, -0.25) is 0 Å². The van der Waals surface area contributed by atoms with Gasteiger partial charge < -0.3 is 0 Å². The third-order valence-corrected chi connectivity index (χ3v) is 3.21. The average molecular weight is 303 g/mol. The minimum Gasteiger partial charge on any atom is -0.247 e. The van der Waals surface area contributed by atoms with Gasteiger partial charge in [-0.1, -0.05) is 68.4 Å². The van der Waals surface area contributed by atoms with E-state index in [1.54, 1.807) is 0 Å². The van der Waals surface area contributed by atoms with Gasteiger partial charge in [0, 0.05) is 0 Å². The summed E-state index contributed by atoms with van der Waals surface area (Å²) in [6, 6.07) is 0. The van der Waals surface area contributed by atoms with E-state index >= 15 is 0 Å². The van der Waals surface area contributed by atoms with Crippen LogP contribution in [0.2, 0.25) is 0 Å². The molecule has 0 amide bonds. The lowest BCUT2D eigenvalue weighted by Gasteiger charge is -1.90. The van der Waals surface area contributed by atoms with Gasteiger partial charge in [-0.05, 0) is 44.9 Å². The zero-order valence-electron chi connectivity index (χ0n) is 14.0. The molecule has 123 valence electrons. The van der Waals surface area contributed by atoms with E-state index in [0.29, 0.717) is 6.42 Å². The van der Waals surface area contributed by atoms with Gasteiger partial charge in [0.15, 0.2) is 0 Å². The van der Waals surface area contributed by atoms with Crippen LogP contribution < -0.4 is 0 Å². The molecule has 0 bridgehead atoms. The predicted octanol–water partition coefficient (Wildman–Crippen LogP) is 6.09. The summed E-state index contributed by atoms with van der Waals surface area (Å²) in [5.74, 6) is -0.962. The molecule has 0 aromatic rings. The van der Waals surface area contributed by atoms with E-state index in [-0.39, 0.29) is 6.42 Å². The van der Waals surface area contributed by atoms with Crippen molar-refractivity contribution in [3.05, 3.63) is 48.6 Å². The van der Waals surface area contributed by atoms with E-state index in [2.05, 4.69) is 49.5 Å². The predicted molar refractivity (Wildman–Crippen MR) is 94.1 cm³/mol. The van der Waals surface area contributed by atoms with E-state index in [9.17, 15) is 9.90 Å². The SMILES string of the molecule is CCCCC/C=C\C/C=C\C/C=C\C/C=C\CCCC([O])=O. The second kappa shape index (κ2) is 17.5. The number of carbonyl (C=O) groups is 1. The highest BCUT2D eigenvalue weighted by Crippen LogP contribution is 2.01. The standard InChI is InChI=1S/C20H31O2/c1-2-3-4-5-6-7-8-9-10-11-12-13-14-15-16-17-18-19-20(21)22/h6-7,9-10,12-13,15-16H,2-5,8,11,14,17-19H2,1H3/b7-6-,10-9-,13-12-,16-15-. The van der Waals surface area contributed by atoms with Gasteiger partial charge in [0.1, 0.15) is 0 Å². The van der Waals surface area contributed by atoms with Gasteiger partial charge in [0.2, 0.25) is 0 Å². The minimum atomic E-state index is -0.962. The van der Waals surface area contributed by atoms with E-state index in [0.717, 1.165) is 25.7 Å². The largest absolute Gasteiger partial charge is 0.355 e. The Morgan fingerprint density at radius 3 is 1.59 bits per heavy atom. The van der Waals surface area contributed by atoms with Gasteiger partial charge in [0.25, 0.3) is 0 Å². The van der Waals surface area contributed by atoms with Crippen LogP contribution in [-0.4, -0.2) is 5.97 Å². The molecule has 0 heterocycles. The van der Waals surface area contributed by atoms with Crippen molar-refractivity contribution in [2.45, 2.75) is 71.1 Å². The van der Waals surface area contributed by atoms with Crippen molar-refractivity contribution in [3.8, 4) is 0 Å². The molecule has 0 N–H and O–H groups in total. The van der Waals surface area contributed by atoms with Crippen LogP contribution in [0.15, 0.2) is 48.6 Å². The molecule has 0 aromatic carbocycles. The smallest absolute Gasteiger partial charge is 0.247 e. The Morgan fingerprint density at radius 1 is 0.682 bits per heavy atom. The minimum absolute atomic E-state index is 0.151. The quantitative estimate of drug-likeness (QED) is 0.282.